The van der Waals surface area contributed by atoms with Gasteiger partial charge in [0.1, 0.15) is 15.6 Å². The Kier molecular flexibility index (Phi) is 7.82. The molecule has 0 fully saturated rings. The molecular weight excluding hydrogens is 262 g/mol. The average molecular weight is 291 g/mol. The third-order valence-electron chi connectivity index (χ3n) is 3.48. The van der Waals surface area contributed by atoms with E-state index in [9.17, 15) is 13.2 Å². The number of carbonyl (C=O) groups excluding carboxylic acids is 1. The van der Waals surface area contributed by atoms with Crippen molar-refractivity contribution in [3.8, 4) is 0 Å². The first-order valence-corrected chi connectivity index (χ1v) is 9.02. The summed E-state index contributed by atoms with van der Waals surface area (Å²) in [5.41, 5.74) is 5.77. The molecule has 19 heavy (non-hydrogen) atoms. The lowest BCUT2D eigenvalue weighted by molar-refractivity contribution is -0.119. The third-order valence-corrected chi connectivity index (χ3v) is 4.51. The molecule has 0 bridgehead atoms. The summed E-state index contributed by atoms with van der Waals surface area (Å²) in [6.45, 7) is 7.15. The second-order valence-electron chi connectivity index (χ2n) is 6.45. The van der Waals surface area contributed by atoms with E-state index in [0.29, 0.717) is 31.7 Å². The van der Waals surface area contributed by atoms with Crippen molar-refractivity contribution in [2.45, 2.75) is 52.9 Å². The summed E-state index contributed by atoms with van der Waals surface area (Å²) in [6, 6.07) is 0. The Hall–Kier alpha value is -0.420. The van der Waals surface area contributed by atoms with Gasteiger partial charge in [0.2, 0.25) is 0 Å². The van der Waals surface area contributed by atoms with E-state index < -0.39 is 9.84 Å². The van der Waals surface area contributed by atoms with Crippen LogP contribution in [0.2, 0.25) is 0 Å². The number of hydrogen-bond donors (Lipinski definition) is 1. The molecule has 1 atom stereocenters. The van der Waals surface area contributed by atoms with Gasteiger partial charge >= 0.3 is 0 Å². The molecule has 2 N–H and O–H groups in total. The predicted octanol–water partition coefficient (Wildman–Crippen LogP) is 2.17. The normalized spacial score (nSPS) is 14.4. The molecule has 114 valence electrons. The fraction of sp³-hybridized carbons (Fsp3) is 0.929. The molecule has 0 rings (SSSR count). The zero-order valence-electron chi connectivity index (χ0n) is 12.7. The molecule has 0 saturated heterocycles. The molecule has 0 aromatic rings. The maximum Gasteiger partial charge on any atom is 0.147 e. The quantitative estimate of drug-likeness (QED) is 0.706. The lowest BCUT2D eigenvalue weighted by Crippen LogP contribution is -2.24. The topological polar surface area (TPSA) is 77.2 Å². The second-order valence-corrected chi connectivity index (χ2v) is 8.71. The highest BCUT2D eigenvalue weighted by Crippen LogP contribution is 2.32. The molecule has 0 spiro atoms. The lowest BCUT2D eigenvalue weighted by atomic mass is 9.76. The lowest BCUT2D eigenvalue weighted by Gasteiger charge is -2.30. The fourth-order valence-corrected chi connectivity index (χ4v) is 2.87. The van der Waals surface area contributed by atoms with Crippen LogP contribution in [-0.4, -0.2) is 32.8 Å². The van der Waals surface area contributed by atoms with Gasteiger partial charge in [0.25, 0.3) is 0 Å². The van der Waals surface area contributed by atoms with Crippen molar-refractivity contribution in [2.75, 3.05) is 18.6 Å². The van der Waals surface area contributed by atoms with Crippen molar-refractivity contribution in [1.82, 2.24) is 0 Å². The summed E-state index contributed by atoms with van der Waals surface area (Å²) in [4.78, 5) is 11.7. The molecule has 0 radical (unpaired) electrons. The maximum absolute atomic E-state index is 11.7. The minimum absolute atomic E-state index is 0.101. The number of carbonyl (C=O) groups is 1. The van der Waals surface area contributed by atoms with Crippen LogP contribution < -0.4 is 5.73 Å². The van der Waals surface area contributed by atoms with Gasteiger partial charge in [-0.25, -0.2) is 8.42 Å². The molecule has 0 aliphatic carbocycles. The number of hydrogen-bond acceptors (Lipinski definition) is 4. The summed E-state index contributed by atoms with van der Waals surface area (Å²) < 4.78 is 21.9. The molecule has 0 saturated carbocycles. The van der Waals surface area contributed by atoms with Crippen molar-refractivity contribution in [1.29, 1.82) is 0 Å². The van der Waals surface area contributed by atoms with Gasteiger partial charge in [0, 0.05) is 19.1 Å². The summed E-state index contributed by atoms with van der Waals surface area (Å²) in [5, 5.41) is 0. The Labute approximate surface area is 118 Å². The predicted molar refractivity (Wildman–Crippen MR) is 79.8 cm³/mol. The highest BCUT2D eigenvalue weighted by atomic mass is 32.2. The number of ketones is 1. The van der Waals surface area contributed by atoms with Gasteiger partial charge in [-0.05, 0) is 37.1 Å². The van der Waals surface area contributed by atoms with Crippen LogP contribution in [0.1, 0.15) is 52.9 Å². The van der Waals surface area contributed by atoms with E-state index in [1.807, 2.05) is 0 Å². The molecule has 0 aromatic heterocycles. The molecular formula is C14H29NO3S. The van der Waals surface area contributed by atoms with Gasteiger partial charge in [-0.2, -0.15) is 0 Å². The SMILES string of the molecule is CC(C)(C)C(CCN)CCC(=O)CCCS(C)(=O)=O. The summed E-state index contributed by atoms with van der Waals surface area (Å²) in [5.74, 6) is 0.704. The Morgan fingerprint density at radius 2 is 1.74 bits per heavy atom. The van der Waals surface area contributed by atoms with E-state index in [4.69, 9.17) is 5.73 Å². The van der Waals surface area contributed by atoms with Gasteiger partial charge in [-0.1, -0.05) is 20.8 Å². The Balaban J connectivity index is 4.06. The van der Waals surface area contributed by atoms with Gasteiger partial charge < -0.3 is 5.73 Å². The smallest absolute Gasteiger partial charge is 0.147 e. The first-order chi connectivity index (χ1) is 8.56. The summed E-state index contributed by atoms with van der Waals surface area (Å²) in [7, 11) is -2.95. The number of Topliss-reactive ketones (excluding diaryl/α,β-unsaturated/α-hetero) is 1. The average Bonchev–Trinajstić information content (AvgIpc) is 2.20. The molecule has 0 aliphatic rings. The van der Waals surface area contributed by atoms with Crippen LogP contribution in [0.3, 0.4) is 0 Å². The van der Waals surface area contributed by atoms with E-state index >= 15 is 0 Å². The highest BCUT2D eigenvalue weighted by Gasteiger charge is 2.24. The van der Waals surface area contributed by atoms with Crippen LogP contribution in [0.25, 0.3) is 0 Å². The maximum atomic E-state index is 11.7. The van der Waals surface area contributed by atoms with Crippen molar-refractivity contribution in [3.63, 3.8) is 0 Å². The van der Waals surface area contributed by atoms with E-state index in [1.165, 1.54) is 6.26 Å². The fourth-order valence-electron chi connectivity index (χ4n) is 2.20. The van der Waals surface area contributed by atoms with Crippen LogP contribution in [0.15, 0.2) is 0 Å². The second kappa shape index (κ2) is 8.00. The zero-order valence-corrected chi connectivity index (χ0v) is 13.6. The van der Waals surface area contributed by atoms with Crippen molar-refractivity contribution < 1.29 is 13.2 Å². The van der Waals surface area contributed by atoms with Crippen LogP contribution in [0.4, 0.5) is 0 Å². The molecule has 0 amide bonds. The Bertz CT molecular complexity index is 369. The number of rotatable bonds is 9. The summed E-state index contributed by atoms with van der Waals surface area (Å²) >= 11 is 0. The largest absolute Gasteiger partial charge is 0.330 e. The molecule has 0 heterocycles. The molecule has 4 nitrogen and oxygen atoms in total. The Morgan fingerprint density at radius 3 is 2.16 bits per heavy atom. The molecule has 0 aliphatic heterocycles. The zero-order chi connectivity index (χ0) is 15.1. The molecule has 0 aromatic carbocycles. The van der Waals surface area contributed by atoms with Crippen molar-refractivity contribution in [2.24, 2.45) is 17.1 Å². The van der Waals surface area contributed by atoms with Gasteiger partial charge in [-0.3, -0.25) is 4.79 Å². The van der Waals surface area contributed by atoms with Crippen molar-refractivity contribution in [3.05, 3.63) is 0 Å². The highest BCUT2D eigenvalue weighted by molar-refractivity contribution is 7.90. The van der Waals surface area contributed by atoms with Crippen molar-refractivity contribution >= 4 is 15.6 Å². The van der Waals surface area contributed by atoms with Crippen LogP contribution in [-0.2, 0) is 14.6 Å². The van der Waals surface area contributed by atoms with Gasteiger partial charge in [0.05, 0.1) is 5.75 Å². The first-order valence-electron chi connectivity index (χ1n) is 6.95. The minimum atomic E-state index is -2.95. The molecule has 5 heteroatoms. The van der Waals surface area contributed by atoms with E-state index in [0.717, 1.165) is 12.8 Å². The number of sulfone groups is 1. The summed E-state index contributed by atoms with van der Waals surface area (Å²) in [6.07, 6.45) is 4.32. The van der Waals surface area contributed by atoms with Gasteiger partial charge in [0.15, 0.2) is 0 Å². The first kappa shape index (κ1) is 18.6. The molecule has 1 unspecified atom stereocenters. The number of nitrogens with two attached hydrogens (primary N) is 1. The van der Waals surface area contributed by atoms with Gasteiger partial charge in [-0.15, -0.1) is 0 Å². The standard InChI is InChI=1S/C14H29NO3S/c1-14(2,3)12(9-10-15)7-8-13(16)6-5-11-19(4,17)18/h12H,5-11,15H2,1-4H3. The monoisotopic (exact) mass is 291 g/mol. The van der Waals surface area contributed by atoms with Crippen LogP contribution >= 0.6 is 0 Å². The minimum Gasteiger partial charge on any atom is -0.330 e. The third kappa shape index (κ3) is 10.1. The van der Waals surface area contributed by atoms with Crippen LogP contribution in [0, 0.1) is 11.3 Å². The van der Waals surface area contributed by atoms with E-state index in [2.05, 4.69) is 20.8 Å². The Morgan fingerprint density at radius 1 is 1.16 bits per heavy atom. The van der Waals surface area contributed by atoms with Crippen LogP contribution in [0.5, 0.6) is 0 Å². The van der Waals surface area contributed by atoms with E-state index in [-0.39, 0.29) is 17.0 Å². The van der Waals surface area contributed by atoms with E-state index in [1.54, 1.807) is 0 Å².